The molecule has 2 aliphatic rings. The summed E-state index contributed by atoms with van der Waals surface area (Å²) in [7, 11) is 1.84. The molecule has 16 heavy (non-hydrogen) atoms. The van der Waals surface area contributed by atoms with Crippen molar-refractivity contribution in [2.75, 3.05) is 7.11 Å². The van der Waals surface area contributed by atoms with Crippen LogP contribution in [0.2, 0.25) is 0 Å². The zero-order chi connectivity index (χ0) is 11.8. The highest BCUT2D eigenvalue weighted by atomic mass is 16.5. The van der Waals surface area contributed by atoms with Crippen LogP contribution < -0.4 is 5.32 Å². The van der Waals surface area contributed by atoms with Crippen molar-refractivity contribution in [1.29, 1.82) is 0 Å². The Kier molecular flexibility index (Phi) is 3.60. The van der Waals surface area contributed by atoms with Gasteiger partial charge in [-0.1, -0.05) is 33.6 Å². The van der Waals surface area contributed by atoms with E-state index in [2.05, 4.69) is 26.1 Å². The first-order valence-electron chi connectivity index (χ1n) is 6.84. The van der Waals surface area contributed by atoms with Crippen molar-refractivity contribution in [1.82, 2.24) is 5.32 Å². The summed E-state index contributed by atoms with van der Waals surface area (Å²) in [5.74, 6) is 0.853. The van der Waals surface area contributed by atoms with Crippen molar-refractivity contribution in [3.8, 4) is 0 Å². The minimum Gasteiger partial charge on any atom is -0.381 e. The number of rotatable bonds is 3. The van der Waals surface area contributed by atoms with Gasteiger partial charge < -0.3 is 10.1 Å². The van der Waals surface area contributed by atoms with Crippen molar-refractivity contribution >= 4 is 0 Å². The van der Waals surface area contributed by atoms with Gasteiger partial charge in [0, 0.05) is 24.6 Å². The van der Waals surface area contributed by atoms with Crippen molar-refractivity contribution in [3.63, 3.8) is 0 Å². The molecular weight excluding hydrogens is 198 g/mol. The summed E-state index contributed by atoms with van der Waals surface area (Å²) in [5.41, 5.74) is 0.311. The third-order valence-corrected chi connectivity index (χ3v) is 4.99. The lowest BCUT2D eigenvalue weighted by Crippen LogP contribution is -2.63. The summed E-state index contributed by atoms with van der Waals surface area (Å²) in [4.78, 5) is 0. The average molecular weight is 225 g/mol. The second-order valence-electron chi connectivity index (χ2n) is 6.37. The maximum absolute atomic E-state index is 5.51. The van der Waals surface area contributed by atoms with E-state index in [-0.39, 0.29) is 0 Å². The third kappa shape index (κ3) is 2.14. The average Bonchev–Trinajstić information content (AvgIpc) is 2.26. The smallest absolute Gasteiger partial charge is 0.0652 e. The van der Waals surface area contributed by atoms with Gasteiger partial charge in [-0.15, -0.1) is 0 Å². The van der Waals surface area contributed by atoms with E-state index in [0.29, 0.717) is 17.6 Å². The molecule has 94 valence electrons. The summed E-state index contributed by atoms with van der Waals surface area (Å²) in [6.07, 6.45) is 7.23. The number of methoxy groups -OCH3 is 1. The molecule has 2 aliphatic carbocycles. The summed E-state index contributed by atoms with van der Waals surface area (Å²) in [5, 5.41) is 3.88. The van der Waals surface area contributed by atoms with Crippen LogP contribution in [0.1, 0.15) is 52.9 Å². The molecule has 0 amide bonds. The molecule has 2 heteroatoms. The summed E-state index contributed by atoms with van der Waals surface area (Å²) in [6, 6.07) is 1.40. The van der Waals surface area contributed by atoms with Crippen LogP contribution in [0.15, 0.2) is 0 Å². The van der Waals surface area contributed by atoms with Gasteiger partial charge in [-0.3, -0.25) is 0 Å². The SMILES string of the molecule is COC1CC(NC2CCCCC2C)C1(C)C. The molecule has 0 saturated heterocycles. The zero-order valence-corrected chi connectivity index (χ0v) is 11.3. The largest absolute Gasteiger partial charge is 0.381 e. The van der Waals surface area contributed by atoms with Crippen LogP contribution in [-0.2, 0) is 4.74 Å². The Bertz CT molecular complexity index is 239. The Morgan fingerprint density at radius 2 is 1.88 bits per heavy atom. The molecule has 1 N–H and O–H groups in total. The van der Waals surface area contributed by atoms with Gasteiger partial charge in [-0.25, -0.2) is 0 Å². The van der Waals surface area contributed by atoms with E-state index < -0.39 is 0 Å². The molecule has 0 aromatic heterocycles. The van der Waals surface area contributed by atoms with E-state index >= 15 is 0 Å². The van der Waals surface area contributed by atoms with E-state index in [0.717, 1.165) is 12.0 Å². The van der Waals surface area contributed by atoms with E-state index in [1.165, 1.54) is 32.1 Å². The fourth-order valence-electron chi connectivity index (χ4n) is 3.39. The lowest BCUT2D eigenvalue weighted by atomic mass is 9.64. The minimum atomic E-state index is 0.311. The number of nitrogens with one attached hydrogen (secondary N) is 1. The van der Waals surface area contributed by atoms with Crippen LogP contribution in [0, 0.1) is 11.3 Å². The standard InChI is InChI=1S/C14H27NO/c1-10-7-5-6-8-11(10)15-12-9-13(16-4)14(12,2)3/h10-13,15H,5-9H2,1-4H3. The molecule has 2 nitrogen and oxygen atoms in total. The highest BCUT2D eigenvalue weighted by Gasteiger charge is 2.49. The Labute approximate surface area is 100 Å². The number of hydrogen-bond donors (Lipinski definition) is 1. The van der Waals surface area contributed by atoms with Crippen molar-refractivity contribution < 1.29 is 4.74 Å². The van der Waals surface area contributed by atoms with Crippen molar-refractivity contribution in [2.24, 2.45) is 11.3 Å². The Balaban J connectivity index is 1.86. The lowest BCUT2D eigenvalue weighted by Gasteiger charge is -2.53. The van der Waals surface area contributed by atoms with Gasteiger partial charge >= 0.3 is 0 Å². The highest BCUT2D eigenvalue weighted by Crippen LogP contribution is 2.43. The molecule has 0 aromatic rings. The van der Waals surface area contributed by atoms with Crippen LogP contribution in [0.5, 0.6) is 0 Å². The molecule has 0 aromatic carbocycles. The quantitative estimate of drug-likeness (QED) is 0.797. The van der Waals surface area contributed by atoms with Crippen LogP contribution in [0.3, 0.4) is 0 Å². The Morgan fingerprint density at radius 3 is 2.44 bits per heavy atom. The first-order valence-corrected chi connectivity index (χ1v) is 6.84. The van der Waals surface area contributed by atoms with E-state index in [1.807, 2.05) is 7.11 Å². The monoisotopic (exact) mass is 225 g/mol. The molecule has 0 radical (unpaired) electrons. The molecule has 4 unspecified atom stereocenters. The van der Waals surface area contributed by atoms with Gasteiger partial charge in [0.25, 0.3) is 0 Å². The molecule has 4 atom stereocenters. The summed E-state index contributed by atoms with van der Waals surface area (Å²) >= 11 is 0. The van der Waals surface area contributed by atoms with Gasteiger partial charge in [-0.2, -0.15) is 0 Å². The van der Waals surface area contributed by atoms with Gasteiger partial charge in [0.2, 0.25) is 0 Å². The molecule has 2 rings (SSSR count). The molecule has 0 spiro atoms. The van der Waals surface area contributed by atoms with Crippen molar-refractivity contribution in [2.45, 2.75) is 71.1 Å². The van der Waals surface area contributed by atoms with Gasteiger partial charge in [0.1, 0.15) is 0 Å². The minimum absolute atomic E-state index is 0.311. The Hall–Kier alpha value is -0.0800. The fraction of sp³-hybridized carbons (Fsp3) is 1.00. The molecule has 0 aliphatic heterocycles. The van der Waals surface area contributed by atoms with Crippen molar-refractivity contribution in [3.05, 3.63) is 0 Å². The van der Waals surface area contributed by atoms with Gasteiger partial charge in [-0.05, 0) is 25.2 Å². The molecule has 0 bridgehead atoms. The van der Waals surface area contributed by atoms with Crippen LogP contribution in [0.4, 0.5) is 0 Å². The maximum atomic E-state index is 5.51. The number of ether oxygens (including phenoxy) is 1. The first kappa shape index (κ1) is 12.4. The van der Waals surface area contributed by atoms with E-state index in [9.17, 15) is 0 Å². The normalized spacial score (nSPS) is 42.8. The first-order chi connectivity index (χ1) is 7.55. The third-order valence-electron chi connectivity index (χ3n) is 4.99. The summed E-state index contributed by atoms with van der Waals surface area (Å²) in [6.45, 7) is 7.06. The molecule has 2 fully saturated rings. The second-order valence-corrected chi connectivity index (χ2v) is 6.37. The predicted molar refractivity (Wildman–Crippen MR) is 67.5 cm³/mol. The topological polar surface area (TPSA) is 21.3 Å². The number of hydrogen-bond acceptors (Lipinski definition) is 2. The molecular formula is C14H27NO. The second kappa shape index (κ2) is 4.66. The van der Waals surface area contributed by atoms with Crippen LogP contribution >= 0.6 is 0 Å². The zero-order valence-electron chi connectivity index (χ0n) is 11.3. The highest BCUT2D eigenvalue weighted by molar-refractivity contribution is 5.04. The maximum Gasteiger partial charge on any atom is 0.0652 e. The Morgan fingerprint density at radius 1 is 1.19 bits per heavy atom. The molecule has 2 saturated carbocycles. The van der Waals surface area contributed by atoms with E-state index in [1.54, 1.807) is 0 Å². The van der Waals surface area contributed by atoms with Crippen LogP contribution in [-0.4, -0.2) is 25.3 Å². The van der Waals surface area contributed by atoms with Crippen LogP contribution in [0.25, 0.3) is 0 Å². The lowest BCUT2D eigenvalue weighted by molar-refractivity contribution is -0.102. The fourth-order valence-corrected chi connectivity index (χ4v) is 3.39. The van der Waals surface area contributed by atoms with E-state index in [4.69, 9.17) is 4.74 Å². The van der Waals surface area contributed by atoms with Gasteiger partial charge in [0.15, 0.2) is 0 Å². The van der Waals surface area contributed by atoms with Gasteiger partial charge in [0.05, 0.1) is 6.10 Å². The summed E-state index contributed by atoms with van der Waals surface area (Å²) < 4.78 is 5.51. The molecule has 0 heterocycles. The predicted octanol–water partition coefficient (Wildman–Crippen LogP) is 2.97.